The molecule has 0 bridgehead atoms. The minimum atomic E-state index is -0.866. The lowest BCUT2D eigenvalue weighted by molar-refractivity contribution is 0.213. The van der Waals surface area contributed by atoms with E-state index >= 15 is 0 Å². The predicted molar refractivity (Wildman–Crippen MR) is 112 cm³/mol. The SMILES string of the molecule is CC(C)N(CCCC(C#N)(c1ccc(F)c(F)c1)C1CC1)CCc1ccccc1. The van der Waals surface area contributed by atoms with Gasteiger partial charge in [-0.2, -0.15) is 5.26 Å². The first-order valence-corrected chi connectivity index (χ1v) is 10.6. The highest BCUT2D eigenvalue weighted by Gasteiger charge is 2.46. The van der Waals surface area contributed by atoms with Crippen molar-refractivity contribution in [1.29, 1.82) is 5.26 Å². The lowest BCUT2D eigenvalue weighted by Gasteiger charge is -2.31. The van der Waals surface area contributed by atoms with Gasteiger partial charge in [-0.05, 0) is 81.7 Å². The van der Waals surface area contributed by atoms with Crippen molar-refractivity contribution in [2.24, 2.45) is 5.92 Å². The van der Waals surface area contributed by atoms with Crippen LogP contribution in [0.3, 0.4) is 0 Å². The van der Waals surface area contributed by atoms with E-state index in [0.717, 1.165) is 44.8 Å². The van der Waals surface area contributed by atoms with Gasteiger partial charge < -0.3 is 4.90 Å². The molecular weight excluding hydrogens is 366 g/mol. The molecule has 0 aliphatic heterocycles. The number of nitrogens with zero attached hydrogens (tertiary/aromatic N) is 2. The van der Waals surface area contributed by atoms with Crippen molar-refractivity contribution in [3.05, 3.63) is 71.3 Å². The summed E-state index contributed by atoms with van der Waals surface area (Å²) in [5, 5.41) is 10.0. The number of halogens is 2. The van der Waals surface area contributed by atoms with E-state index in [4.69, 9.17) is 0 Å². The summed E-state index contributed by atoms with van der Waals surface area (Å²) in [5.74, 6) is -1.48. The molecule has 0 aromatic heterocycles. The van der Waals surface area contributed by atoms with Gasteiger partial charge in [-0.1, -0.05) is 36.4 Å². The van der Waals surface area contributed by atoms with E-state index in [1.54, 1.807) is 6.07 Å². The largest absolute Gasteiger partial charge is 0.301 e. The van der Waals surface area contributed by atoms with Crippen LogP contribution in [0.2, 0.25) is 0 Å². The van der Waals surface area contributed by atoms with Crippen LogP contribution in [-0.4, -0.2) is 24.0 Å². The highest BCUT2D eigenvalue weighted by Crippen LogP contribution is 2.50. The third-order valence-corrected chi connectivity index (χ3v) is 6.19. The molecule has 1 aliphatic carbocycles. The number of nitriles is 1. The van der Waals surface area contributed by atoms with E-state index in [-0.39, 0.29) is 5.92 Å². The van der Waals surface area contributed by atoms with Gasteiger partial charge in [0.25, 0.3) is 0 Å². The first-order chi connectivity index (χ1) is 14.0. The van der Waals surface area contributed by atoms with Crippen LogP contribution in [0.15, 0.2) is 48.5 Å². The number of benzene rings is 2. The molecule has 1 fully saturated rings. The Balaban J connectivity index is 1.65. The highest BCUT2D eigenvalue weighted by molar-refractivity contribution is 5.36. The predicted octanol–water partition coefficient (Wildman–Crippen LogP) is 5.87. The summed E-state index contributed by atoms with van der Waals surface area (Å²) in [6, 6.07) is 17.3. The van der Waals surface area contributed by atoms with Crippen LogP contribution in [0.1, 0.15) is 50.7 Å². The van der Waals surface area contributed by atoms with Crippen LogP contribution in [0, 0.1) is 28.9 Å². The second-order valence-electron chi connectivity index (χ2n) is 8.46. The molecule has 2 aromatic carbocycles. The summed E-state index contributed by atoms with van der Waals surface area (Å²) in [5.41, 5.74) is 1.24. The zero-order chi connectivity index (χ0) is 20.9. The molecule has 154 valence electrons. The quantitative estimate of drug-likeness (QED) is 0.502. The average Bonchev–Trinajstić information content (AvgIpc) is 3.56. The van der Waals surface area contributed by atoms with Gasteiger partial charge in [0.15, 0.2) is 11.6 Å². The third kappa shape index (κ3) is 5.22. The van der Waals surface area contributed by atoms with Gasteiger partial charge in [0.1, 0.15) is 0 Å². The van der Waals surface area contributed by atoms with Crippen LogP contribution in [0.25, 0.3) is 0 Å². The van der Waals surface area contributed by atoms with E-state index in [9.17, 15) is 14.0 Å². The number of rotatable bonds is 10. The molecule has 29 heavy (non-hydrogen) atoms. The van der Waals surface area contributed by atoms with Gasteiger partial charge in [0.05, 0.1) is 11.5 Å². The molecule has 1 unspecified atom stereocenters. The fourth-order valence-electron chi connectivity index (χ4n) is 4.25. The maximum Gasteiger partial charge on any atom is 0.159 e. The average molecular weight is 397 g/mol. The smallest absolute Gasteiger partial charge is 0.159 e. The second-order valence-corrected chi connectivity index (χ2v) is 8.46. The summed E-state index contributed by atoms with van der Waals surface area (Å²) in [6.07, 6.45) is 4.49. The molecule has 0 saturated heterocycles. The zero-order valence-electron chi connectivity index (χ0n) is 17.4. The third-order valence-electron chi connectivity index (χ3n) is 6.19. The van der Waals surface area contributed by atoms with Crippen molar-refractivity contribution in [3.8, 4) is 6.07 Å². The molecule has 2 nitrogen and oxygen atoms in total. The standard InChI is InChI=1S/C25H30F2N2/c1-19(2)29(16-13-20-7-4-3-5-8-20)15-6-14-25(18-28,21-9-10-21)22-11-12-23(26)24(27)17-22/h3-5,7-8,11-12,17,19,21H,6,9-10,13-16H2,1-2H3. The molecule has 1 saturated carbocycles. The monoisotopic (exact) mass is 396 g/mol. The maximum absolute atomic E-state index is 13.9. The molecule has 0 spiro atoms. The molecular formula is C25H30F2N2. The normalized spacial score (nSPS) is 16.0. The Morgan fingerprint density at radius 3 is 2.38 bits per heavy atom. The van der Waals surface area contributed by atoms with E-state index in [1.165, 1.54) is 11.6 Å². The van der Waals surface area contributed by atoms with Gasteiger partial charge in [-0.25, -0.2) is 8.78 Å². The van der Waals surface area contributed by atoms with Crippen LogP contribution in [0.4, 0.5) is 8.78 Å². The first kappa shape index (κ1) is 21.5. The Morgan fingerprint density at radius 2 is 1.79 bits per heavy atom. The van der Waals surface area contributed by atoms with Crippen LogP contribution >= 0.6 is 0 Å². The number of hydrogen-bond donors (Lipinski definition) is 0. The fourth-order valence-corrected chi connectivity index (χ4v) is 4.25. The Kier molecular flexibility index (Phi) is 7.03. The van der Waals surface area contributed by atoms with E-state index in [2.05, 4.69) is 49.1 Å². The minimum absolute atomic E-state index is 0.245. The molecule has 1 atom stereocenters. The maximum atomic E-state index is 13.9. The molecule has 4 heteroatoms. The minimum Gasteiger partial charge on any atom is -0.301 e. The summed E-state index contributed by atoms with van der Waals surface area (Å²) in [6.45, 7) is 6.25. The Labute approximate surface area is 173 Å². The molecule has 0 radical (unpaired) electrons. The Hall–Kier alpha value is -2.25. The Bertz CT molecular complexity index is 840. The second kappa shape index (κ2) is 9.50. The molecule has 0 heterocycles. The van der Waals surface area contributed by atoms with Crippen molar-refractivity contribution >= 4 is 0 Å². The van der Waals surface area contributed by atoms with Crippen LogP contribution < -0.4 is 0 Å². The Morgan fingerprint density at radius 1 is 1.07 bits per heavy atom. The van der Waals surface area contributed by atoms with Crippen LogP contribution in [-0.2, 0) is 11.8 Å². The van der Waals surface area contributed by atoms with E-state index in [1.807, 2.05) is 6.07 Å². The van der Waals surface area contributed by atoms with Crippen LogP contribution in [0.5, 0.6) is 0 Å². The highest BCUT2D eigenvalue weighted by atomic mass is 19.2. The molecule has 0 N–H and O–H groups in total. The molecule has 3 rings (SSSR count). The van der Waals surface area contributed by atoms with Gasteiger partial charge in [0.2, 0.25) is 0 Å². The lowest BCUT2D eigenvalue weighted by Crippen LogP contribution is -2.35. The first-order valence-electron chi connectivity index (χ1n) is 10.6. The van der Waals surface area contributed by atoms with E-state index in [0.29, 0.717) is 18.0 Å². The summed E-state index contributed by atoms with van der Waals surface area (Å²) in [4.78, 5) is 2.44. The van der Waals surface area contributed by atoms with Gasteiger partial charge in [-0.3, -0.25) is 0 Å². The zero-order valence-corrected chi connectivity index (χ0v) is 17.4. The van der Waals surface area contributed by atoms with Gasteiger partial charge >= 0.3 is 0 Å². The number of hydrogen-bond acceptors (Lipinski definition) is 2. The summed E-state index contributed by atoms with van der Waals surface area (Å²) in [7, 11) is 0. The van der Waals surface area contributed by atoms with Crippen molar-refractivity contribution < 1.29 is 8.78 Å². The summed E-state index contributed by atoms with van der Waals surface area (Å²) >= 11 is 0. The van der Waals surface area contributed by atoms with Crippen molar-refractivity contribution in [3.63, 3.8) is 0 Å². The lowest BCUT2D eigenvalue weighted by atomic mass is 9.73. The van der Waals surface area contributed by atoms with E-state index < -0.39 is 17.0 Å². The van der Waals surface area contributed by atoms with Crippen molar-refractivity contribution in [2.45, 2.75) is 57.4 Å². The van der Waals surface area contributed by atoms with Crippen molar-refractivity contribution in [1.82, 2.24) is 4.90 Å². The van der Waals surface area contributed by atoms with Crippen molar-refractivity contribution in [2.75, 3.05) is 13.1 Å². The molecule has 1 aliphatic rings. The molecule has 0 amide bonds. The topological polar surface area (TPSA) is 27.0 Å². The fraction of sp³-hybridized carbons (Fsp3) is 0.480. The molecule has 2 aromatic rings. The van der Waals surface area contributed by atoms with Gasteiger partial charge in [-0.15, -0.1) is 0 Å². The summed E-state index contributed by atoms with van der Waals surface area (Å²) < 4.78 is 27.3. The van der Waals surface area contributed by atoms with Gasteiger partial charge in [0, 0.05) is 12.6 Å².